The maximum Gasteiger partial charge on any atom is 0.191 e. The zero-order chi connectivity index (χ0) is 15.1. The van der Waals surface area contributed by atoms with Crippen LogP contribution >= 0.6 is 0 Å². The molecule has 0 amide bonds. The predicted octanol–water partition coefficient (Wildman–Crippen LogP) is 2.82. The fourth-order valence-corrected chi connectivity index (χ4v) is 3.59. The fraction of sp³-hybridized carbons (Fsp3) is 0.941. The van der Waals surface area contributed by atoms with Gasteiger partial charge in [0.15, 0.2) is 5.96 Å². The van der Waals surface area contributed by atoms with E-state index in [1.54, 1.807) is 0 Å². The van der Waals surface area contributed by atoms with Crippen molar-refractivity contribution in [2.45, 2.75) is 83.8 Å². The molecule has 21 heavy (non-hydrogen) atoms. The monoisotopic (exact) mass is 295 g/mol. The van der Waals surface area contributed by atoms with E-state index < -0.39 is 0 Å². The minimum atomic E-state index is -0.201. The summed E-state index contributed by atoms with van der Waals surface area (Å²) in [5, 5.41) is 17.2. The molecule has 2 rings (SSSR count). The molecule has 0 spiro atoms. The summed E-state index contributed by atoms with van der Waals surface area (Å²) in [6.45, 7) is 5.90. The van der Waals surface area contributed by atoms with Crippen molar-refractivity contribution in [3.05, 3.63) is 0 Å². The van der Waals surface area contributed by atoms with Crippen molar-refractivity contribution in [1.29, 1.82) is 0 Å². The minimum Gasteiger partial charge on any atom is -0.392 e. The second-order valence-corrected chi connectivity index (χ2v) is 7.09. The van der Waals surface area contributed by atoms with Gasteiger partial charge in [0.25, 0.3) is 0 Å². The van der Waals surface area contributed by atoms with Gasteiger partial charge in [0.2, 0.25) is 0 Å². The molecule has 0 aromatic rings. The van der Waals surface area contributed by atoms with Crippen LogP contribution in [0.5, 0.6) is 0 Å². The number of hydrogen-bond acceptors (Lipinski definition) is 2. The molecule has 2 unspecified atom stereocenters. The van der Waals surface area contributed by atoms with Gasteiger partial charge in [-0.25, -0.2) is 0 Å². The number of hydrogen-bond donors (Lipinski definition) is 3. The van der Waals surface area contributed by atoms with Crippen molar-refractivity contribution in [2.24, 2.45) is 10.4 Å². The summed E-state index contributed by atoms with van der Waals surface area (Å²) in [5.74, 6) is 0.934. The Kier molecular flexibility index (Phi) is 6.34. The number of aliphatic hydroxyl groups is 1. The Hall–Kier alpha value is -0.770. The Balaban J connectivity index is 1.92. The molecule has 4 heteroatoms. The van der Waals surface area contributed by atoms with Crippen LogP contribution in [0.1, 0.15) is 71.6 Å². The molecular weight excluding hydrogens is 262 g/mol. The molecule has 0 radical (unpaired) electrons. The van der Waals surface area contributed by atoms with Crippen molar-refractivity contribution >= 4 is 5.96 Å². The molecule has 3 N–H and O–H groups in total. The molecule has 122 valence electrons. The summed E-state index contributed by atoms with van der Waals surface area (Å²) in [4.78, 5) is 4.79. The normalized spacial score (nSPS) is 32.0. The van der Waals surface area contributed by atoms with Gasteiger partial charge in [-0.3, -0.25) is 4.99 Å². The Morgan fingerprint density at radius 1 is 1.14 bits per heavy atom. The van der Waals surface area contributed by atoms with Crippen LogP contribution in [0.15, 0.2) is 4.99 Å². The van der Waals surface area contributed by atoms with Gasteiger partial charge in [-0.05, 0) is 32.6 Å². The lowest BCUT2D eigenvalue weighted by atomic mass is 9.73. The molecule has 2 atom stereocenters. The van der Waals surface area contributed by atoms with Gasteiger partial charge in [0.1, 0.15) is 0 Å². The van der Waals surface area contributed by atoms with Crippen LogP contribution in [0.3, 0.4) is 0 Å². The summed E-state index contributed by atoms with van der Waals surface area (Å²) in [6, 6.07) is 0.570. The topological polar surface area (TPSA) is 56.7 Å². The first-order valence-corrected chi connectivity index (χ1v) is 8.87. The van der Waals surface area contributed by atoms with Crippen molar-refractivity contribution in [2.75, 3.05) is 13.1 Å². The van der Waals surface area contributed by atoms with Gasteiger partial charge in [-0.15, -0.1) is 0 Å². The Morgan fingerprint density at radius 3 is 2.52 bits per heavy atom. The molecule has 2 aliphatic carbocycles. The number of aliphatic hydroxyl groups excluding tert-OH is 1. The first-order valence-electron chi connectivity index (χ1n) is 8.87. The summed E-state index contributed by atoms with van der Waals surface area (Å²) in [6.07, 6.45) is 10.7. The van der Waals surface area contributed by atoms with Crippen LogP contribution in [0.25, 0.3) is 0 Å². The molecule has 2 saturated carbocycles. The highest BCUT2D eigenvalue weighted by Gasteiger charge is 2.35. The zero-order valence-corrected chi connectivity index (χ0v) is 13.8. The van der Waals surface area contributed by atoms with Gasteiger partial charge in [0.05, 0.1) is 12.6 Å². The van der Waals surface area contributed by atoms with Gasteiger partial charge < -0.3 is 15.7 Å². The third-order valence-corrected chi connectivity index (χ3v) is 5.17. The van der Waals surface area contributed by atoms with E-state index in [1.807, 2.05) is 0 Å². The molecule has 0 heterocycles. The van der Waals surface area contributed by atoms with Crippen LogP contribution in [0.4, 0.5) is 0 Å². The van der Waals surface area contributed by atoms with E-state index in [1.165, 1.54) is 38.5 Å². The predicted molar refractivity (Wildman–Crippen MR) is 88.6 cm³/mol. The molecule has 2 aliphatic rings. The van der Waals surface area contributed by atoms with Gasteiger partial charge in [-0.2, -0.15) is 0 Å². The highest BCUT2D eigenvalue weighted by molar-refractivity contribution is 5.80. The fourth-order valence-electron chi connectivity index (χ4n) is 3.59. The number of nitrogens with one attached hydrogen (secondary N) is 2. The lowest BCUT2D eigenvalue weighted by molar-refractivity contribution is 0.00715. The minimum absolute atomic E-state index is 0.0484. The summed E-state index contributed by atoms with van der Waals surface area (Å²) in [7, 11) is 0. The summed E-state index contributed by atoms with van der Waals surface area (Å²) < 4.78 is 0. The first kappa shape index (κ1) is 16.6. The molecule has 2 fully saturated rings. The zero-order valence-electron chi connectivity index (χ0n) is 13.8. The Labute approximate surface area is 129 Å². The van der Waals surface area contributed by atoms with Gasteiger partial charge in [-0.1, -0.05) is 39.0 Å². The lowest BCUT2D eigenvalue weighted by Gasteiger charge is -2.37. The number of rotatable bonds is 4. The van der Waals surface area contributed by atoms with Crippen LogP contribution in [0, 0.1) is 5.41 Å². The lowest BCUT2D eigenvalue weighted by Crippen LogP contribution is -2.45. The van der Waals surface area contributed by atoms with Gasteiger partial charge >= 0.3 is 0 Å². The number of guanidine groups is 1. The van der Waals surface area contributed by atoms with Crippen LogP contribution in [0.2, 0.25) is 0 Å². The van der Waals surface area contributed by atoms with Crippen LogP contribution in [-0.4, -0.2) is 36.3 Å². The van der Waals surface area contributed by atoms with E-state index in [-0.39, 0.29) is 11.5 Å². The maximum atomic E-state index is 10.3. The Bertz CT molecular complexity index is 339. The third-order valence-electron chi connectivity index (χ3n) is 5.17. The molecule has 0 aromatic heterocycles. The van der Waals surface area contributed by atoms with E-state index in [2.05, 4.69) is 24.5 Å². The maximum absolute atomic E-state index is 10.3. The van der Waals surface area contributed by atoms with E-state index >= 15 is 0 Å². The van der Waals surface area contributed by atoms with E-state index in [0.29, 0.717) is 6.04 Å². The molecule has 4 nitrogen and oxygen atoms in total. The SMILES string of the molecule is CCNC(=NCC1(C)CCCCC1O)NC1CCCCC1. The average molecular weight is 295 g/mol. The van der Waals surface area contributed by atoms with E-state index in [0.717, 1.165) is 38.3 Å². The van der Waals surface area contributed by atoms with Crippen LogP contribution < -0.4 is 10.6 Å². The van der Waals surface area contributed by atoms with Crippen molar-refractivity contribution in [3.8, 4) is 0 Å². The largest absolute Gasteiger partial charge is 0.392 e. The Morgan fingerprint density at radius 2 is 1.86 bits per heavy atom. The van der Waals surface area contributed by atoms with Crippen molar-refractivity contribution in [1.82, 2.24) is 10.6 Å². The van der Waals surface area contributed by atoms with E-state index in [4.69, 9.17) is 4.99 Å². The quantitative estimate of drug-likeness (QED) is 0.552. The highest BCUT2D eigenvalue weighted by Crippen LogP contribution is 2.36. The number of nitrogens with zero attached hydrogens (tertiary/aromatic N) is 1. The van der Waals surface area contributed by atoms with Crippen molar-refractivity contribution < 1.29 is 5.11 Å². The molecule has 0 aromatic carbocycles. The molecular formula is C17H33N3O. The van der Waals surface area contributed by atoms with Crippen molar-refractivity contribution in [3.63, 3.8) is 0 Å². The summed E-state index contributed by atoms with van der Waals surface area (Å²) >= 11 is 0. The molecule has 0 aliphatic heterocycles. The third kappa shape index (κ3) is 4.87. The first-order chi connectivity index (χ1) is 10.1. The standard InChI is InChI=1S/C17H33N3O/c1-3-18-16(20-14-9-5-4-6-10-14)19-13-17(2)12-8-7-11-15(17)21/h14-15,21H,3-13H2,1-2H3,(H2,18,19,20). The second kappa shape index (κ2) is 8.02. The molecule has 0 bridgehead atoms. The average Bonchev–Trinajstić information content (AvgIpc) is 2.50. The van der Waals surface area contributed by atoms with E-state index in [9.17, 15) is 5.11 Å². The molecule has 0 saturated heterocycles. The second-order valence-electron chi connectivity index (χ2n) is 7.09. The smallest absolute Gasteiger partial charge is 0.191 e. The highest BCUT2D eigenvalue weighted by atomic mass is 16.3. The van der Waals surface area contributed by atoms with Crippen LogP contribution in [-0.2, 0) is 0 Å². The van der Waals surface area contributed by atoms with Gasteiger partial charge in [0, 0.05) is 18.0 Å². The number of aliphatic imine (C=N–C) groups is 1. The summed E-state index contributed by atoms with van der Waals surface area (Å²) in [5.41, 5.74) is -0.0484.